The fourth-order valence-electron chi connectivity index (χ4n) is 1.89. The summed E-state index contributed by atoms with van der Waals surface area (Å²) in [4.78, 5) is 12.9. The van der Waals surface area contributed by atoms with E-state index in [1.165, 1.54) is 16.9 Å². The van der Waals surface area contributed by atoms with Crippen molar-refractivity contribution in [2.24, 2.45) is 0 Å². The van der Waals surface area contributed by atoms with E-state index in [0.29, 0.717) is 0 Å². The number of thiophene rings is 1. The molecule has 0 aliphatic carbocycles. The van der Waals surface area contributed by atoms with Gasteiger partial charge in [-0.3, -0.25) is 4.79 Å². The van der Waals surface area contributed by atoms with Gasteiger partial charge in [0.2, 0.25) is 0 Å². The van der Waals surface area contributed by atoms with Crippen LogP contribution >= 0.6 is 27.3 Å². The highest BCUT2D eigenvalue weighted by atomic mass is 79.9. The normalized spacial score (nSPS) is 12.2. The van der Waals surface area contributed by atoms with E-state index in [9.17, 15) is 4.79 Å². The largest absolute Gasteiger partial charge is 0.345 e. The number of nitrogens with one attached hydrogen (secondary N) is 1. The summed E-state index contributed by atoms with van der Waals surface area (Å²) in [5.41, 5.74) is 2.38. The molecule has 2 aromatic rings. The standard InChI is InChI=1S/C15H16BrNOS/c1-3-12(11-6-4-10(2)5-7-11)17-15(18)13-8-9-14(16)19-13/h4-9,12H,3H2,1-2H3,(H,17,18)/t12-/m1/s1. The van der Waals surface area contributed by atoms with Gasteiger partial charge in [0, 0.05) is 0 Å². The summed E-state index contributed by atoms with van der Waals surface area (Å²) < 4.78 is 0.973. The van der Waals surface area contributed by atoms with Crippen molar-refractivity contribution < 1.29 is 4.79 Å². The maximum Gasteiger partial charge on any atom is 0.261 e. The number of aryl methyl sites for hydroxylation is 1. The van der Waals surface area contributed by atoms with Crippen LogP contribution in [0, 0.1) is 6.92 Å². The lowest BCUT2D eigenvalue weighted by Crippen LogP contribution is -2.27. The fourth-order valence-corrected chi connectivity index (χ4v) is 3.17. The minimum Gasteiger partial charge on any atom is -0.345 e. The van der Waals surface area contributed by atoms with Crippen molar-refractivity contribution in [3.05, 3.63) is 56.2 Å². The molecule has 0 saturated heterocycles. The van der Waals surface area contributed by atoms with Crippen LogP contribution < -0.4 is 5.32 Å². The monoisotopic (exact) mass is 337 g/mol. The molecule has 4 heteroatoms. The van der Waals surface area contributed by atoms with Crippen LogP contribution in [0.1, 0.15) is 40.2 Å². The number of benzene rings is 1. The zero-order valence-electron chi connectivity index (χ0n) is 10.9. The summed E-state index contributed by atoms with van der Waals surface area (Å²) in [5, 5.41) is 3.08. The molecule has 100 valence electrons. The molecule has 0 bridgehead atoms. The molecule has 1 amide bonds. The lowest BCUT2D eigenvalue weighted by Gasteiger charge is -2.17. The second-order valence-electron chi connectivity index (χ2n) is 4.45. The van der Waals surface area contributed by atoms with Gasteiger partial charge in [0.05, 0.1) is 14.7 Å². The van der Waals surface area contributed by atoms with Gasteiger partial charge in [-0.1, -0.05) is 36.8 Å². The van der Waals surface area contributed by atoms with Crippen LogP contribution in [0.5, 0.6) is 0 Å². The van der Waals surface area contributed by atoms with Gasteiger partial charge in [-0.05, 0) is 47.0 Å². The predicted molar refractivity (Wildman–Crippen MR) is 83.7 cm³/mol. The first-order valence-electron chi connectivity index (χ1n) is 6.23. The van der Waals surface area contributed by atoms with Gasteiger partial charge in [-0.25, -0.2) is 0 Å². The molecule has 1 atom stereocenters. The minimum absolute atomic E-state index is 0.0110. The molecule has 0 saturated carbocycles. The molecule has 0 fully saturated rings. The summed E-state index contributed by atoms with van der Waals surface area (Å²) in [6.07, 6.45) is 0.876. The number of hydrogen-bond donors (Lipinski definition) is 1. The molecule has 0 unspecified atom stereocenters. The second-order valence-corrected chi connectivity index (χ2v) is 6.91. The van der Waals surface area contributed by atoms with Crippen LogP contribution in [0.4, 0.5) is 0 Å². The van der Waals surface area contributed by atoms with Gasteiger partial charge in [0.25, 0.3) is 5.91 Å². The van der Waals surface area contributed by atoms with Crippen molar-refractivity contribution in [1.29, 1.82) is 0 Å². The van der Waals surface area contributed by atoms with E-state index in [1.807, 2.05) is 12.1 Å². The van der Waals surface area contributed by atoms with E-state index in [-0.39, 0.29) is 11.9 Å². The first-order valence-corrected chi connectivity index (χ1v) is 7.84. The topological polar surface area (TPSA) is 29.1 Å². The van der Waals surface area contributed by atoms with Gasteiger partial charge < -0.3 is 5.32 Å². The van der Waals surface area contributed by atoms with Crippen LogP contribution in [-0.2, 0) is 0 Å². The number of hydrogen-bond acceptors (Lipinski definition) is 2. The third-order valence-corrected chi connectivity index (χ3v) is 4.61. The van der Waals surface area contributed by atoms with Crippen molar-refractivity contribution in [1.82, 2.24) is 5.32 Å². The van der Waals surface area contributed by atoms with Crippen molar-refractivity contribution in [2.75, 3.05) is 0 Å². The van der Waals surface area contributed by atoms with Crippen LogP contribution in [0.3, 0.4) is 0 Å². The van der Waals surface area contributed by atoms with Gasteiger partial charge in [-0.2, -0.15) is 0 Å². The molecule has 1 aromatic carbocycles. The first-order chi connectivity index (χ1) is 9.10. The highest BCUT2D eigenvalue weighted by Crippen LogP contribution is 2.23. The molecule has 0 spiro atoms. The number of carbonyl (C=O) groups excluding carboxylic acids is 1. The summed E-state index contributed by atoms with van der Waals surface area (Å²) in [5.74, 6) is -0.0110. The first kappa shape index (κ1) is 14.3. The number of carbonyl (C=O) groups is 1. The third-order valence-electron chi connectivity index (χ3n) is 2.99. The second kappa shape index (κ2) is 6.35. The molecule has 1 N–H and O–H groups in total. The molecule has 1 heterocycles. The maximum atomic E-state index is 12.1. The van der Waals surface area contributed by atoms with Crippen molar-refractivity contribution in [2.45, 2.75) is 26.3 Å². The van der Waals surface area contributed by atoms with Crippen molar-refractivity contribution in [3.8, 4) is 0 Å². The van der Waals surface area contributed by atoms with E-state index in [2.05, 4.69) is 59.4 Å². The third kappa shape index (κ3) is 3.67. The summed E-state index contributed by atoms with van der Waals surface area (Å²) in [6, 6.07) is 12.1. The molecule has 0 radical (unpaired) electrons. The van der Waals surface area contributed by atoms with Crippen LogP contribution in [0.15, 0.2) is 40.2 Å². The molecule has 1 aromatic heterocycles. The molecule has 19 heavy (non-hydrogen) atoms. The molecule has 0 aliphatic rings. The quantitative estimate of drug-likeness (QED) is 0.860. The van der Waals surface area contributed by atoms with Crippen LogP contribution in [0.2, 0.25) is 0 Å². The Hall–Kier alpha value is -1.13. The number of rotatable bonds is 4. The molecule has 2 nitrogen and oxygen atoms in total. The Morgan fingerprint density at radius 1 is 1.26 bits per heavy atom. The Labute approximate surface area is 126 Å². The average molecular weight is 338 g/mol. The lowest BCUT2D eigenvalue weighted by molar-refractivity contribution is 0.0939. The van der Waals surface area contributed by atoms with Gasteiger partial charge >= 0.3 is 0 Å². The van der Waals surface area contributed by atoms with Crippen molar-refractivity contribution in [3.63, 3.8) is 0 Å². The van der Waals surface area contributed by atoms with Gasteiger partial charge in [0.1, 0.15) is 0 Å². The summed E-state index contributed by atoms with van der Waals surface area (Å²) >= 11 is 4.83. The number of amides is 1. The van der Waals surface area contributed by atoms with Gasteiger partial charge in [0.15, 0.2) is 0 Å². The smallest absolute Gasteiger partial charge is 0.261 e. The average Bonchev–Trinajstić information content (AvgIpc) is 2.84. The zero-order chi connectivity index (χ0) is 13.8. The van der Waals surface area contributed by atoms with Crippen molar-refractivity contribution >= 4 is 33.2 Å². The number of halogens is 1. The van der Waals surface area contributed by atoms with E-state index in [4.69, 9.17) is 0 Å². The Morgan fingerprint density at radius 2 is 1.95 bits per heavy atom. The summed E-state index contributed by atoms with van der Waals surface area (Å²) in [6.45, 7) is 4.14. The zero-order valence-corrected chi connectivity index (χ0v) is 13.3. The Morgan fingerprint density at radius 3 is 2.47 bits per heavy atom. The van der Waals surface area contributed by atoms with E-state index in [1.54, 1.807) is 0 Å². The van der Waals surface area contributed by atoms with Crippen LogP contribution in [-0.4, -0.2) is 5.91 Å². The van der Waals surface area contributed by atoms with E-state index >= 15 is 0 Å². The van der Waals surface area contributed by atoms with Crippen LogP contribution in [0.25, 0.3) is 0 Å². The molecular formula is C15H16BrNOS. The molecular weight excluding hydrogens is 322 g/mol. The Kier molecular flexibility index (Phi) is 4.77. The highest BCUT2D eigenvalue weighted by molar-refractivity contribution is 9.11. The Bertz CT molecular complexity index is 562. The summed E-state index contributed by atoms with van der Waals surface area (Å²) in [7, 11) is 0. The lowest BCUT2D eigenvalue weighted by atomic mass is 10.0. The van der Waals surface area contributed by atoms with Gasteiger partial charge in [-0.15, -0.1) is 11.3 Å². The minimum atomic E-state index is -0.0110. The highest BCUT2D eigenvalue weighted by Gasteiger charge is 2.15. The van der Waals surface area contributed by atoms with E-state index in [0.717, 1.165) is 20.6 Å². The van der Waals surface area contributed by atoms with E-state index < -0.39 is 0 Å². The SMILES string of the molecule is CC[C@@H](NC(=O)c1ccc(Br)s1)c1ccc(C)cc1. The molecule has 2 rings (SSSR count). The predicted octanol–water partition coefficient (Wildman–Crippen LogP) is 4.70. The molecule has 0 aliphatic heterocycles. The Balaban J connectivity index is 2.11. The maximum absolute atomic E-state index is 12.1. The fraction of sp³-hybridized carbons (Fsp3) is 0.267.